The van der Waals surface area contributed by atoms with E-state index >= 15 is 4.39 Å². The van der Waals surface area contributed by atoms with Crippen molar-refractivity contribution in [2.45, 2.75) is 58.0 Å². The summed E-state index contributed by atoms with van der Waals surface area (Å²) >= 11 is 0. The SMILES string of the molecule is C=CC1CCC(c2ccc(-c3ccc(-c4ccc(OCCCCCCC)c(F)c4F)cc3)c(F)c2F)OC1. The Kier molecular flexibility index (Phi) is 9.62. The van der Waals surface area contributed by atoms with Gasteiger partial charge in [0.25, 0.3) is 0 Å². The predicted octanol–water partition coefficient (Wildman–Crippen LogP) is 9.58. The van der Waals surface area contributed by atoms with E-state index in [4.69, 9.17) is 9.47 Å². The molecule has 2 atom stereocenters. The molecule has 1 fully saturated rings. The molecule has 0 aromatic heterocycles. The van der Waals surface area contributed by atoms with Gasteiger partial charge in [0.1, 0.15) is 0 Å². The third-order valence-corrected chi connectivity index (χ3v) is 7.16. The molecule has 0 amide bonds. The Morgan fingerprint density at radius 1 is 0.789 bits per heavy atom. The van der Waals surface area contributed by atoms with E-state index in [1.54, 1.807) is 30.3 Å². The quantitative estimate of drug-likeness (QED) is 0.141. The average molecular weight is 527 g/mol. The second-order valence-electron chi connectivity index (χ2n) is 9.80. The minimum atomic E-state index is -1.03. The van der Waals surface area contributed by atoms with E-state index in [1.807, 2.05) is 6.08 Å². The maximum absolute atomic E-state index is 15.0. The highest BCUT2D eigenvalue weighted by atomic mass is 19.2. The Hall–Kier alpha value is -3.12. The topological polar surface area (TPSA) is 18.5 Å². The molecule has 2 nitrogen and oxygen atoms in total. The standard InChI is InChI=1S/C32H34F4O2/c1-3-5-6-7-8-19-37-28-18-16-25(30(34)32(28)36)23-12-10-22(11-13-23)24-14-15-26(31(35)29(24)33)27-17-9-21(4-2)20-38-27/h4,10-16,18,21,27H,2-3,5-9,17,19-20H2,1H3. The van der Waals surface area contributed by atoms with Gasteiger partial charge in [0.15, 0.2) is 23.2 Å². The molecular weight excluding hydrogens is 492 g/mol. The molecule has 1 aliphatic heterocycles. The zero-order valence-corrected chi connectivity index (χ0v) is 21.8. The molecule has 1 heterocycles. The van der Waals surface area contributed by atoms with E-state index in [-0.39, 0.29) is 28.4 Å². The molecule has 4 rings (SSSR count). The van der Waals surface area contributed by atoms with Gasteiger partial charge in [-0.15, -0.1) is 6.58 Å². The molecule has 1 saturated heterocycles. The van der Waals surface area contributed by atoms with Gasteiger partial charge in [-0.25, -0.2) is 13.2 Å². The number of unbranched alkanes of at least 4 members (excludes halogenated alkanes) is 4. The van der Waals surface area contributed by atoms with Crippen LogP contribution < -0.4 is 4.74 Å². The Morgan fingerprint density at radius 3 is 2.03 bits per heavy atom. The first-order valence-corrected chi connectivity index (χ1v) is 13.4. The van der Waals surface area contributed by atoms with E-state index in [9.17, 15) is 13.2 Å². The largest absolute Gasteiger partial charge is 0.490 e. The van der Waals surface area contributed by atoms with Crippen LogP contribution in [0.1, 0.15) is 63.5 Å². The lowest BCUT2D eigenvalue weighted by Gasteiger charge is -2.28. The van der Waals surface area contributed by atoms with Gasteiger partial charge in [-0.2, -0.15) is 4.39 Å². The van der Waals surface area contributed by atoms with Crippen LogP contribution in [-0.2, 0) is 4.74 Å². The van der Waals surface area contributed by atoms with E-state index in [2.05, 4.69) is 13.5 Å². The normalized spacial score (nSPS) is 17.4. The van der Waals surface area contributed by atoms with E-state index < -0.39 is 29.4 Å². The van der Waals surface area contributed by atoms with E-state index in [1.165, 1.54) is 18.2 Å². The Labute approximate surface area is 222 Å². The highest BCUT2D eigenvalue weighted by Crippen LogP contribution is 2.37. The van der Waals surface area contributed by atoms with Crippen LogP contribution in [0.5, 0.6) is 5.75 Å². The fourth-order valence-corrected chi connectivity index (χ4v) is 4.82. The fraction of sp³-hybridized carbons (Fsp3) is 0.375. The molecule has 3 aromatic carbocycles. The Morgan fingerprint density at radius 2 is 1.42 bits per heavy atom. The predicted molar refractivity (Wildman–Crippen MR) is 143 cm³/mol. The first-order valence-electron chi connectivity index (χ1n) is 13.4. The maximum atomic E-state index is 15.0. The van der Waals surface area contributed by atoms with Gasteiger partial charge in [0, 0.05) is 22.6 Å². The molecular formula is C32H34F4O2. The first-order chi connectivity index (χ1) is 18.4. The highest BCUT2D eigenvalue weighted by Gasteiger charge is 2.26. The molecule has 38 heavy (non-hydrogen) atoms. The summed E-state index contributed by atoms with van der Waals surface area (Å²) in [5.41, 5.74) is 1.20. The van der Waals surface area contributed by atoms with Crippen LogP contribution in [0.15, 0.2) is 61.2 Å². The van der Waals surface area contributed by atoms with Crippen LogP contribution in [0.2, 0.25) is 0 Å². The van der Waals surface area contributed by atoms with Crippen LogP contribution in [-0.4, -0.2) is 13.2 Å². The van der Waals surface area contributed by atoms with Gasteiger partial charge >= 0.3 is 0 Å². The molecule has 0 saturated carbocycles. The molecule has 0 aliphatic carbocycles. The summed E-state index contributed by atoms with van der Waals surface area (Å²) in [5, 5.41) is 0. The number of benzene rings is 3. The Bertz CT molecular complexity index is 1230. The average Bonchev–Trinajstić information content (AvgIpc) is 2.94. The van der Waals surface area contributed by atoms with Crippen molar-refractivity contribution in [3.05, 3.63) is 90.0 Å². The molecule has 1 aliphatic rings. The molecule has 3 aromatic rings. The molecule has 0 radical (unpaired) electrons. The molecule has 0 spiro atoms. The molecule has 6 heteroatoms. The number of halogens is 4. The molecule has 2 unspecified atom stereocenters. The van der Waals surface area contributed by atoms with Gasteiger partial charge < -0.3 is 9.47 Å². The highest BCUT2D eigenvalue weighted by molar-refractivity contribution is 5.71. The maximum Gasteiger partial charge on any atom is 0.201 e. The van der Waals surface area contributed by atoms with E-state index in [0.29, 0.717) is 30.8 Å². The monoisotopic (exact) mass is 526 g/mol. The summed E-state index contributed by atoms with van der Waals surface area (Å²) in [6.45, 7) is 6.65. The van der Waals surface area contributed by atoms with Crippen LogP contribution in [0.25, 0.3) is 22.3 Å². The van der Waals surface area contributed by atoms with Crippen molar-refractivity contribution < 1.29 is 27.0 Å². The van der Waals surface area contributed by atoms with Gasteiger partial charge in [-0.05, 0) is 42.5 Å². The van der Waals surface area contributed by atoms with Crippen molar-refractivity contribution in [1.82, 2.24) is 0 Å². The Balaban J connectivity index is 1.46. The third kappa shape index (κ3) is 6.29. The lowest BCUT2D eigenvalue weighted by Crippen LogP contribution is -2.20. The summed E-state index contributed by atoms with van der Waals surface area (Å²) < 4.78 is 70.7. The molecule has 0 bridgehead atoms. The fourth-order valence-electron chi connectivity index (χ4n) is 4.82. The van der Waals surface area contributed by atoms with Crippen molar-refractivity contribution >= 4 is 0 Å². The summed E-state index contributed by atoms with van der Waals surface area (Å²) in [7, 11) is 0. The molecule has 0 N–H and O–H groups in total. The lowest BCUT2D eigenvalue weighted by molar-refractivity contribution is -0.00732. The number of ether oxygens (including phenoxy) is 2. The van der Waals surface area contributed by atoms with Crippen LogP contribution in [0, 0.1) is 29.2 Å². The van der Waals surface area contributed by atoms with Gasteiger partial charge in [-0.3, -0.25) is 0 Å². The number of hydrogen-bond donors (Lipinski definition) is 0. The minimum Gasteiger partial charge on any atom is -0.490 e. The second-order valence-corrected chi connectivity index (χ2v) is 9.80. The third-order valence-electron chi connectivity index (χ3n) is 7.16. The van der Waals surface area contributed by atoms with Gasteiger partial charge in [0.2, 0.25) is 5.82 Å². The zero-order chi connectivity index (χ0) is 27.1. The summed E-state index contributed by atoms with van der Waals surface area (Å²) in [6, 6.07) is 12.2. The second kappa shape index (κ2) is 13.1. The van der Waals surface area contributed by atoms with Crippen LogP contribution in [0.3, 0.4) is 0 Å². The van der Waals surface area contributed by atoms with Crippen molar-refractivity contribution in [2.75, 3.05) is 13.2 Å². The summed E-state index contributed by atoms with van der Waals surface area (Å²) in [5.74, 6) is -3.82. The summed E-state index contributed by atoms with van der Waals surface area (Å²) in [6.07, 6.45) is 7.86. The lowest BCUT2D eigenvalue weighted by atomic mass is 9.92. The number of hydrogen-bond acceptors (Lipinski definition) is 2. The van der Waals surface area contributed by atoms with Crippen molar-refractivity contribution in [2.24, 2.45) is 5.92 Å². The smallest absolute Gasteiger partial charge is 0.201 e. The van der Waals surface area contributed by atoms with Crippen molar-refractivity contribution in [3.63, 3.8) is 0 Å². The van der Waals surface area contributed by atoms with Gasteiger partial charge in [0.05, 0.1) is 19.3 Å². The van der Waals surface area contributed by atoms with E-state index in [0.717, 1.165) is 38.5 Å². The molecule has 202 valence electrons. The number of rotatable bonds is 11. The van der Waals surface area contributed by atoms with Crippen LogP contribution in [0.4, 0.5) is 17.6 Å². The van der Waals surface area contributed by atoms with Crippen LogP contribution >= 0.6 is 0 Å². The minimum absolute atomic E-state index is 0.0682. The summed E-state index contributed by atoms with van der Waals surface area (Å²) in [4.78, 5) is 0. The first kappa shape index (κ1) is 27.9. The zero-order valence-electron chi connectivity index (χ0n) is 21.8. The van der Waals surface area contributed by atoms with Crippen molar-refractivity contribution in [1.29, 1.82) is 0 Å². The van der Waals surface area contributed by atoms with Gasteiger partial charge in [-0.1, -0.05) is 75.1 Å². The van der Waals surface area contributed by atoms with Crippen molar-refractivity contribution in [3.8, 4) is 28.0 Å².